The minimum Gasteiger partial charge on any atom is -0.488 e. The van der Waals surface area contributed by atoms with Crippen LogP contribution in [0, 0.1) is 0 Å². The van der Waals surface area contributed by atoms with E-state index in [2.05, 4.69) is 15.9 Å². The van der Waals surface area contributed by atoms with Crippen LogP contribution in [0.5, 0.6) is 5.75 Å². The minimum atomic E-state index is -0.511. The normalized spacial score (nSPS) is 10.3. The number of rotatable bonds is 7. The fourth-order valence-corrected chi connectivity index (χ4v) is 3.09. The van der Waals surface area contributed by atoms with Crippen molar-refractivity contribution in [2.45, 2.75) is 13.2 Å². The summed E-state index contributed by atoms with van der Waals surface area (Å²) in [5.74, 6) is -0.108. The second kappa shape index (κ2) is 9.14. The van der Waals surface area contributed by atoms with Gasteiger partial charge in [-0.3, -0.25) is 4.79 Å². The van der Waals surface area contributed by atoms with Gasteiger partial charge in [0, 0.05) is 4.47 Å². The molecule has 0 amide bonds. The van der Waals surface area contributed by atoms with Gasteiger partial charge in [-0.05, 0) is 39.2 Å². The topological polar surface area (TPSA) is 52.6 Å². The molecule has 27 heavy (non-hydrogen) atoms. The highest BCUT2D eigenvalue weighted by atomic mass is 79.9. The standard InChI is InChI=1S/C22H17BrO4/c23-21-18(22(25)27-15-17-9-5-2-6-10-17)11-12-20(19(21)13-24)26-14-16-7-3-1-4-8-16/h1-13H,14-15H2. The quantitative estimate of drug-likeness (QED) is 0.386. The first-order valence-corrected chi connectivity index (χ1v) is 9.14. The van der Waals surface area contributed by atoms with Crippen molar-refractivity contribution in [3.63, 3.8) is 0 Å². The second-order valence-corrected chi connectivity index (χ2v) is 6.59. The summed E-state index contributed by atoms with van der Waals surface area (Å²) in [4.78, 5) is 23.9. The molecule has 0 aromatic heterocycles. The van der Waals surface area contributed by atoms with Crippen molar-refractivity contribution in [3.8, 4) is 5.75 Å². The van der Waals surface area contributed by atoms with Crippen molar-refractivity contribution in [2.24, 2.45) is 0 Å². The van der Waals surface area contributed by atoms with Gasteiger partial charge in [0.25, 0.3) is 0 Å². The van der Waals surface area contributed by atoms with Crippen LogP contribution in [0.25, 0.3) is 0 Å². The van der Waals surface area contributed by atoms with E-state index in [-0.39, 0.29) is 17.7 Å². The third-order valence-corrected chi connectivity index (χ3v) is 4.78. The Morgan fingerprint density at radius 3 is 2.04 bits per heavy atom. The van der Waals surface area contributed by atoms with Crippen molar-refractivity contribution in [1.82, 2.24) is 0 Å². The number of benzene rings is 3. The van der Waals surface area contributed by atoms with Gasteiger partial charge in [-0.25, -0.2) is 4.79 Å². The largest absolute Gasteiger partial charge is 0.488 e. The van der Waals surface area contributed by atoms with E-state index in [4.69, 9.17) is 9.47 Å². The maximum absolute atomic E-state index is 12.4. The molecule has 0 aliphatic carbocycles. The molecule has 0 unspecified atom stereocenters. The Kier molecular flexibility index (Phi) is 6.39. The molecule has 0 N–H and O–H groups in total. The van der Waals surface area contributed by atoms with Gasteiger partial charge in [0.2, 0.25) is 0 Å². The molecule has 0 spiro atoms. The van der Waals surface area contributed by atoms with E-state index in [1.807, 2.05) is 60.7 Å². The molecule has 0 aliphatic rings. The SMILES string of the molecule is O=Cc1c(OCc2ccccc2)ccc(C(=O)OCc2ccccc2)c1Br. The predicted molar refractivity (Wildman–Crippen MR) is 106 cm³/mol. The number of carbonyl (C=O) groups excluding carboxylic acids is 2. The molecule has 0 bridgehead atoms. The van der Waals surface area contributed by atoms with Crippen LogP contribution in [0.1, 0.15) is 31.8 Å². The molecule has 0 saturated carbocycles. The Hall–Kier alpha value is -2.92. The van der Waals surface area contributed by atoms with Gasteiger partial charge in [-0.2, -0.15) is 0 Å². The first-order chi connectivity index (χ1) is 13.2. The molecule has 0 atom stereocenters. The molecule has 0 aliphatic heterocycles. The fraction of sp³-hybridized carbons (Fsp3) is 0.0909. The summed E-state index contributed by atoms with van der Waals surface area (Å²) < 4.78 is 11.4. The summed E-state index contributed by atoms with van der Waals surface area (Å²) in [5.41, 5.74) is 2.43. The lowest BCUT2D eigenvalue weighted by atomic mass is 10.1. The number of esters is 1. The van der Waals surface area contributed by atoms with Crippen LogP contribution in [0.15, 0.2) is 77.3 Å². The molecule has 3 aromatic rings. The molecule has 0 radical (unpaired) electrons. The monoisotopic (exact) mass is 424 g/mol. The van der Waals surface area contributed by atoms with Crippen LogP contribution in [0.4, 0.5) is 0 Å². The lowest BCUT2D eigenvalue weighted by Gasteiger charge is -2.13. The summed E-state index contributed by atoms with van der Waals surface area (Å²) in [7, 11) is 0. The number of halogens is 1. The Morgan fingerprint density at radius 1 is 0.852 bits per heavy atom. The van der Waals surface area contributed by atoms with Gasteiger partial charge < -0.3 is 9.47 Å². The number of aldehydes is 1. The van der Waals surface area contributed by atoms with Crippen molar-refractivity contribution >= 4 is 28.2 Å². The van der Waals surface area contributed by atoms with Crippen molar-refractivity contribution < 1.29 is 19.1 Å². The molecule has 0 saturated heterocycles. The van der Waals surface area contributed by atoms with Gasteiger partial charge in [0.05, 0.1) is 11.1 Å². The third kappa shape index (κ3) is 4.83. The van der Waals surface area contributed by atoms with E-state index < -0.39 is 5.97 Å². The van der Waals surface area contributed by atoms with E-state index in [0.717, 1.165) is 11.1 Å². The molecule has 0 heterocycles. The van der Waals surface area contributed by atoms with Gasteiger partial charge in [0.15, 0.2) is 6.29 Å². The van der Waals surface area contributed by atoms with Crippen molar-refractivity contribution in [1.29, 1.82) is 0 Å². The van der Waals surface area contributed by atoms with Crippen LogP contribution in [-0.2, 0) is 18.0 Å². The average molecular weight is 425 g/mol. The third-order valence-electron chi connectivity index (χ3n) is 3.93. The van der Waals surface area contributed by atoms with E-state index in [1.54, 1.807) is 12.1 Å². The first kappa shape index (κ1) is 18.9. The molecule has 136 valence electrons. The summed E-state index contributed by atoms with van der Waals surface area (Å²) >= 11 is 3.33. The summed E-state index contributed by atoms with van der Waals surface area (Å²) in [6.07, 6.45) is 0.665. The molecule has 0 fully saturated rings. The Bertz CT molecular complexity index is 924. The van der Waals surface area contributed by atoms with E-state index in [9.17, 15) is 9.59 Å². The number of ether oxygens (including phenoxy) is 2. The molecule has 3 rings (SSSR count). The highest BCUT2D eigenvalue weighted by Gasteiger charge is 2.18. The molecule has 4 nitrogen and oxygen atoms in total. The van der Waals surface area contributed by atoms with Gasteiger partial charge >= 0.3 is 5.97 Å². The smallest absolute Gasteiger partial charge is 0.339 e. The zero-order chi connectivity index (χ0) is 19.1. The van der Waals surface area contributed by atoms with Gasteiger partial charge in [-0.1, -0.05) is 60.7 Å². The maximum Gasteiger partial charge on any atom is 0.339 e. The number of hydrogen-bond donors (Lipinski definition) is 0. The van der Waals surface area contributed by atoms with Crippen LogP contribution >= 0.6 is 15.9 Å². The molecular formula is C22H17BrO4. The highest BCUT2D eigenvalue weighted by molar-refractivity contribution is 9.10. The van der Waals surface area contributed by atoms with Crippen LogP contribution in [0.2, 0.25) is 0 Å². The van der Waals surface area contributed by atoms with E-state index in [1.165, 1.54) is 0 Å². The summed E-state index contributed by atoms with van der Waals surface area (Å²) in [6.45, 7) is 0.487. The average Bonchev–Trinajstić information content (AvgIpc) is 2.72. The molecule has 3 aromatic carbocycles. The lowest BCUT2D eigenvalue weighted by Crippen LogP contribution is -2.08. The Balaban J connectivity index is 1.73. The second-order valence-electron chi connectivity index (χ2n) is 5.79. The maximum atomic E-state index is 12.4. The van der Waals surface area contributed by atoms with Crippen LogP contribution in [-0.4, -0.2) is 12.3 Å². The highest BCUT2D eigenvalue weighted by Crippen LogP contribution is 2.30. The zero-order valence-electron chi connectivity index (χ0n) is 14.4. The van der Waals surface area contributed by atoms with Crippen molar-refractivity contribution in [2.75, 3.05) is 0 Å². The molecular weight excluding hydrogens is 408 g/mol. The van der Waals surface area contributed by atoms with E-state index >= 15 is 0 Å². The fourth-order valence-electron chi connectivity index (χ4n) is 2.50. The summed E-state index contributed by atoms with van der Waals surface area (Å²) in [5, 5.41) is 0. The van der Waals surface area contributed by atoms with Crippen molar-refractivity contribution in [3.05, 3.63) is 99.5 Å². The van der Waals surface area contributed by atoms with Crippen LogP contribution < -0.4 is 4.74 Å². The van der Waals surface area contributed by atoms with E-state index in [0.29, 0.717) is 23.1 Å². The lowest BCUT2D eigenvalue weighted by molar-refractivity contribution is 0.0471. The summed E-state index contributed by atoms with van der Waals surface area (Å²) in [6, 6.07) is 22.2. The Labute approximate surface area is 165 Å². The predicted octanol–water partition coefficient (Wildman–Crippen LogP) is 5.20. The number of hydrogen-bond acceptors (Lipinski definition) is 4. The first-order valence-electron chi connectivity index (χ1n) is 8.34. The molecule has 5 heteroatoms. The zero-order valence-corrected chi connectivity index (χ0v) is 16.0. The van der Waals surface area contributed by atoms with Gasteiger partial charge in [0.1, 0.15) is 19.0 Å². The Morgan fingerprint density at radius 2 is 1.44 bits per heavy atom. The minimum absolute atomic E-state index is 0.162. The number of carbonyl (C=O) groups is 2. The van der Waals surface area contributed by atoms with Gasteiger partial charge in [-0.15, -0.1) is 0 Å². The van der Waals surface area contributed by atoms with Crippen LogP contribution in [0.3, 0.4) is 0 Å².